The Labute approximate surface area is 126 Å². The Morgan fingerprint density at radius 3 is 2.55 bits per heavy atom. The number of nitrogens with one attached hydrogen (secondary N) is 1. The predicted molar refractivity (Wildman–Crippen MR) is 75.0 cm³/mol. The van der Waals surface area contributed by atoms with Crippen LogP contribution in [-0.4, -0.2) is 33.7 Å². The van der Waals surface area contributed by atoms with Crippen molar-refractivity contribution in [3.8, 4) is 0 Å². The van der Waals surface area contributed by atoms with Gasteiger partial charge < -0.3 is 10.4 Å². The molecule has 0 aromatic carbocycles. The average Bonchev–Trinajstić information content (AvgIpc) is 2.36. The third kappa shape index (κ3) is 4.94. The number of hydrogen-bond donors (Lipinski definition) is 2. The largest absolute Gasteiger partial charge is 0.481 e. The summed E-state index contributed by atoms with van der Waals surface area (Å²) < 4.78 is 0. The van der Waals surface area contributed by atoms with Crippen LogP contribution in [-0.2, 0) is 4.79 Å². The summed E-state index contributed by atoms with van der Waals surface area (Å²) >= 11 is 11.4. The maximum absolute atomic E-state index is 11.9. The van der Waals surface area contributed by atoms with Gasteiger partial charge in [0.1, 0.15) is 0 Å². The van der Waals surface area contributed by atoms with Crippen LogP contribution in [0.3, 0.4) is 0 Å². The van der Waals surface area contributed by atoms with E-state index in [9.17, 15) is 9.59 Å². The van der Waals surface area contributed by atoms with Crippen molar-refractivity contribution >= 4 is 35.1 Å². The summed E-state index contributed by atoms with van der Waals surface area (Å²) in [7, 11) is 0. The molecule has 6 nitrogen and oxygen atoms in total. The molecule has 0 saturated carbocycles. The van der Waals surface area contributed by atoms with Crippen molar-refractivity contribution in [3.63, 3.8) is 0 Å². The highest BCUT2D eigenvalue weighted by molar-refractivity contribution is 6.34. The van der Waals surface area contributed by atoms with Crippen LogP contribution in [0.15, 0.2) is 6.07 Å². The van der Waals surface area contributed by atoms with Crippen LogP contribution in [0.1, 0.15) is 30.6 Å². The summed E-state index contributed by atoms with van der Waals surface area (Å²) in [4.78, 5) is 23.0. The standard InChI is InChI=1S/C12H15Cl2N3O3/c1-6(2)3-7(12(19)20)5-15-11(18)8-4-9(13)16-17-10(8)14/h4,6-7H,3,5H2,1-2H3,(H,15,18)(H,19,20). The predicted octanol–water partition coefficient (Wildman–Crippen LogP) is 2.26. The van der Waals surface area contributed by atoms with Gasteiger partial charge in [0, 0.05) is 6.54 Å². The summed E-state index contributed by atoms with van der Waals surface area (Å²) in [5.74, 6) is -1.91. The quantitative estimate of drug-likeness (QED) is 0.839. The minimum Gasteiger partial charge on any atom is -0.481 e. The fourth-order valence-corrected chi connectivity index (χ4v) is 1.99. The van der Waals surface area contributed by atoms with Crippen LogP contribution in [0.5, 0.6) is 0 Å². The minimum absolute atomic E-state index is 0.0165. The lowest BCUT2D eigenvalue weighted by Crippen LogP contribution is -2.34. The van der Waals surface area contributed by atoms with Crippen molar-refractivity contribution < 1.29 is 14.7 Å². The van der Waals surface area contributed by atoms with Gasteiger partial charge in [-0.1, -0.05) is 37.0 Å². The van der Waals surface area contributed by atoms with E-state index in [1.807, 2.05) is 13.8 Å². The lowest BCUT2D eigenvalue weighted by atomic mass is 9.97. The number of hydrogen-bond acceptors (Lipinski definition) is 4. The molecule has 1 heterocycles. The summed E-state index contributed by atoms with van der Waals surface area (Å²) in [6.07, 6.45) is 0.471. The number of carboxylic acids is 1. The Hall–Kier alpha value is -1.40. The molecule has 0 bridgehead atoms. The van der Waals surface area contributed by atoms with Gasteiger partial charge >= 0.3 is 5.97 Å². The zero-order valence-corrected chi connectivity index (χ0v) is 12.6. The summed E-state index contributed by atoms with van der Waals surface area (Å²) in [5, 5.41) is 18.6. The monoisotopic (exact) mass is 319 g/mol. The number of rotatable bonds is 6. The number of carboxylic acid groups (broad SMARTS) is 1. The minimum atomic E-state index is -0.948. The fraction of sp³-hybridized carbons (Fsp3) is 0.500. The maximum atomic E-state index is 11.9. The second-order valence-corrected chi connectivity index (χ2v) is 5.49. The number of amides is 1. The highest BCUT2D eigenvalue weighted by Crippen LogP contribution is 2.16. The maximum Gasteiger partial charge on any atom is 0.308 e. The first-order valence-electron chi connectivity index (χ1n) is 6.01. The molecule has 2 N–H and O–H groups in total. The Bertz CT molecular complexity index is 509. The molecule has 1 aromatic heterocycles. The van der Waals surface area contributed by atoms with E-state index < -0.39 is 17.8 Å². The average molecular weight is 320 g/mol. The van der Waals surface area contributed by atoms with E-state index in [4.69, 9.17) is 28.3 Å². The number of halogens is 2. The van der Waals surface area contributed by atoms with Crippen LogP contribution >= 0.6 is 23.2 Å². The molecule has 0 fully saturated rings. The Kier molecular flexibility index (Phi) is 6.16. The number of carbonyl (C=O) groups is 2. The van der Waals surface area contributed by atoms with Gasteiger partial charge in [-0.05, 0) is 18.4 Å². The van der Waals surface area contributed by atoms with Gasteiger partial charge in [0.25, 0.3) is 5.91 Å². The van der Waals surface area contributed by atoms with E-state index >= 15 is 0 Å². The van der Waals surface area contributed by atoms with Crippen LogP contribution in [0.25, 0.3) is 0 Å². The van der Waals surface area contributed by atoms with E-state index in [1.54, 1.807) is 0 Å². The molecule has 0 aliphatic carbocycles. The van der Waals surface area contributed by atoms with E-state index in [2.05, 4.69) is 15.5 Å². The third-order valence-electron chi connectivity index (χ3n) is 2.58. The summed E-state index contributed by atoms with van der Waals surface area (Å²) in [6.45, 7) is 3.85. The molecule has 1 atom stereocenters. The van der Waals surface area contributed by atoms with Gasteiger partial charge in [-0.2, -0.15) is 0 Å². The van der Waals surface area contributed by atoms with Crippen LogP contribution in [0, 0.1) is 11.8 Å². The molecule has 0 aliphatic rings. The van der Waals surface area contributed by atoms with Gasteiger partial charge in [-0.25, -0.2) is 0 Å². The van der Waals surface area contributed by atoms with E-state index in [0.717, 1.165) is 0 Å². The first kappa shape index (κ1) is 16.7. The molecule has 110 valence electrons. The molecule has 1 unspecified atom stereocenters. The summed E-state index contributed by atoms with van der Waals surface area (Å²) in [5.41, 5.74) is 0.0698. The molecule has 0 radical (unpaired) electrons. The van der Waals surface area contributed by atoms with Crippen molar-refractivity contribution in [2.24, 2.45) is 11.8 Å². The van der Waals surface area contributed by atoms with Gasteiger partial charge in [0.15, 0.2) is 10.3 Å². The van der Waals surface area contributed by atoms with Crippen LogP contribution < -0.4 is 5.32 Å². The number of aromatic nitrogens is 2. The molecule has 0 saturated heterocycles. The van der Waals surface area contributed by atoms with Gasteiger partial charge in [0.05, 0.1) is 11.5 Å². The van der Waals surface area contributed by atoms with Crippen LogP contribution in [0.2, 0.25) is 10.3 Å². The molecular formula is C12H15Cl2N3O3. The second-order valence-electron chi connectivity index (χ2n) is 4.75. The lowest BCUT2D eigenvalue weighted by Gasteiger charge is -2.15. The molecular weight excluding hydrogens is 305 g/mol. The third-order valence-corrected chi connectivity index (χ3v) is 3.04. The smallest absolute Gasteiger partial charge is 0.308 e. The van der Waals surface area contributed by atoms with E-state index in [-0.39, 0.29) is 28.3 Å². The second kappa shape index (κ2) is 7.40. The SMILES string of the molecule is CC(C)CC(CNC(=O)c1cc(Cl)nnc1Cl)C(=O)O. The van der Waals surface area contributed by atoms with Gasteiger partial charge in [-0.15, -0.1) is 10.2 Å². The van der Waals surface area contributed by atoms with Crippen molar-refractivity contribution in [3.05, 3.63) is 21.9 Å². The molecule has 1 aromatic rings. The van der Waals surface area contributed by atoms with Crippen molar-refractivity contribution in [2.45, 2.75) is 20.3 Å². The molecule has 1 rings (SSSR count). The summed E-state index contributed by atoms with van der Waals surface area (Å²) in [6, 6.07) is 1.28. The Morgan fingerprint density at radius 1 is 1.35 bits per heavy atom. The molecule has 0 spiro atoms. The molecule has 1 amide bonds. The molecule has 20 heavy (non-hydrogen) atoms. The first-order valence-corrected chi connectivity index (χ1v) is 6.76. The number of carbonyl (C=O) groups excluding carboxylic acids is 1. The van der Waals surface area contributed by atoms with Crippen molar-refractivity contribution in [2.75, 3.05) is 6.54 Å². The Morgan fingerprint density at radius 2 is 2.00 bits per heavy atom. The Balaban J connectivity index is 2.70. The zero-order valence-electron chi connectivity index (χ0n) is 11.1. The van der Waals surface area contributed by atoms with Gasteiger partial charge in [0.2, 0.25) is 0 Å². The highest BCUT2D eigenvalue weighted by atomic mass is 35.5. The van der Waals surface area contributed by atoms with Crippen LogP contribution in [0.4, 0.5) is 0 Å². The zero-order chi connectivity index (χ0) is 15.3. The lowest BCUT2D eigenvalue weighted by molar-refractivity contribution is -0.142. The van der Waals surface area contributed by atoms with Crippen molar-refractivity contribution in [1.29, 1.82) is 0 Å². The van der Waals surface area contributed by atoms with E-state index in [0.29, 0.717) is 6.42 Å². The highest BCUT2D eigenvalue weighted by Gasteiger charge is 2.21. The first-order chi connectivity index (χ1) is 9.31. The van der Waals surface area contributed by atoms with E-state index in [1.165, 1.54) is 6.07 Å². The topological polar surface area (TPSA) is 92.2 Å². The van der Waals surface area contributed by atoms with Gasteiger partial charge in [-0.3, -0.25) is 9.59 Å². The number of aliphatic carboxylic acids is 1. The fourth-order valence-electron chi connectivity index (χ4n) is 1.66. The molecule has 8 heteroatoms. The number of nitrogens with zero attached hydrogens (tertiary/aromatic N) is 2. The normalized spacial score (nSPS) is 12.2. The molecule has 0 aliphatic heterocycles. The van der Waals surface area contributed by atoms with Crippen molar-refractivity contribution in [1.82, 2.24) is 15.5 Å².